The maximum atomic E-state index is 5.85. The van der Waals surface area contributed by atoms with Crippen molar-refractivity contribution < 1.29 is 9.47 Å². The van der Waals surface area contributed by atoms with E-state index in [1.165, 1.54) is 12.8 Å². The minimum atomic E-state index is -0.194. The van der Waals surface area contributed by atoms with E-state index in [2.05, 4.69) is 15.9 Å². The second-order valence-electron chi connectivity index (χ2n) is 5.12. The predicted molar refractivity (Wildman–Crippen MR) is 68.2 cm³/mol. The second-order valence-corrected chi connectivity index (χ2v) is 5.98. The minimum Gasteiger partial charge on any atom is -0.490 e. The lowest BCUT2D eigenvalue weighted by Gasteiger charge is -2.22. The summed E-state index contributed by atoms with van der Waals surface area (Å²) in [5, 5.41) is 0. The summed E-state index contributed by atoms with van der Waals surface area (Å²) in [6.07, 6.45) is 2.76. The molecule has 0 saturated heterocycles. The molecule has 2 rings (SSSR count). The molecular formula is C13H17BrO2. The second kappa shape index (κ2) is 4.28. The number of hydrogen-bond acceptors (Lipinski definition) is 2. The van der Waals surface area contributed by atoms with Crippen LogP contribution in [0, 0.1) is 0 Å². The average molecular weight is 285 g/mol. The van der Waals surface area contributed by atoms with Gasteiger partial charge < -0.3 is 9.47 Å². The average Bonchev–Trinajstić information content (AvgIpc) is 2.92. The van der Waals surface area contributed by atoms with Gasteiger partial charge in [0.05, 0.1) is 10.6 Å². The van der Waals surface area contributed by atoms with Gasteiger partial charge in [-0.3, -0.25) is 0 Å². The summed E-state index contributed by atoms with van der Waals surface area (Å²) in [6, 6.07) is 5.89. The standard InChI is InChI=1S/C13H17BrO2/c1-13(2,3)16-12-8-10(6-7-11(12)14)15-9-4-5-9/h6-9H,4-5H2,1-3H3. The zero-order chi connectivity index (χ0) is 11.8. The van der Waals surface area contributed by atoms with Crippen LogP contribution in [0.3, 0.4) is 0 Å². The van der Waals surface area contributed by atoms with E-state index in [4.69, 9.17) is 9.47 Å². The highest BCUT2D eigenvalue weighted by Gasteiger charge is 2.24. The van der Waals surface area contributed by atoms with Crippen LogP contribution in [0.1, 0.15) is 33.6 Å². The predicted octanol–water partition coefficient (Wildman–Crippen LogP) is 4.17. The maximum Gasteiger partial charge on any atom is 0.137 e. The van der Waals surface area contributed by atoms with Gasteiger partial charge in [0.15, 0.2) is 0 Å². The molecular weight excluding hydrogens is 268 g/mol. The van der Waals surface area contributed by atoms with Gasteiger partial charge >= 0.3 is 0 Å². The summed E-state index contributed by atoms with van der Waals surface area (Å²) in [7, 11) is 0. The largest absolute Gasteiger partial charge is 0.490 e. The summed E-state index contributed by atoms with van der Waals surface area (Å²) < 4.78 is 12.5. The molecule has 0 aliphatic heterocycles. The molecule has 0 amide bonds. The molecule has 0 spiro atoms. The van der Waals surface area contributed by atoms with Crippen molar-refractivity contribution in [2.45, 2.75) is 45.3 Å². The van der Waals surface area contributed by atoms with E-state index >= 15 is 0 Å². The van der Waals surface area contributed by atoms with Gasteiger partial charge in [-0.25, -0.2) is 0 Å². The zero-order valence-corrected chi connectivity index (χ0v) is 11.5. The van der Waals surface area contributed by atoms with Crippen molar-refractivity contribution >= 4 is 15.9 Å². The van der Waals surface area contributed by atoms with Gasteiger partial charge in [-0.15, -0.1) is 0 Å². The number of rotatable bonds is 3. The number of benzene rings is 1. The molecule has 88 valence electrons. The molecule has 1 aliphatic carbocycles. The Hall–Kier alpha value is -0.700. The van der Waals surface area contributed by atoms with E-state index in [0.29, 0.717) is 6.10 Å². The molecule has 1 aromatic carbocycles. The van der Waals surface area contributed by atoms with Crippen molar-refractivity contribution in [1.82, 2.24) is 0 Å². The lowest BCUT2D eigenvalue weighted by molar-refractivity contribution is 0.129. The van der Waals surface area contributed by atoms with Crippen molar-refractivity contribution in [3.8, 4) is 11.5 Å². The number of ether oxygens (including phenoxy) is 2. The summed E-state index contributed by atoms with van der Waals surface area (Å²) >= 11 is 3.48. The highest BCUT2D eigenvalue weighted by atomic mass is 79.9. The molecule has 1 fully saturated rings. The van der Waals surface area contributed by atoms with Crippen LogP contribution >= 0.6 is 15.9 Å². The van der Waals surface area contributed by atoms with Crippen LogP contribution in [0.4, 0.5) is 0 Å². The lowest BCUT2D eigenvalue weighted by atomic mass is 10.2. The fraction of sp³-hybridized carbons (Fsp3) is 0.538. The van der Waals surface area contributed by atoms with E-state index in [-0.39, 0.29) is 5.60 Å². The molecule has 0 aromatic heterocycles. The van der Waals surface area contributed by atoms with Crippen molar-refractivity contribution in [3.05, 3.63) is 22.7 Å². The summed E-state index contributed by atoms with van der Waals surface area (Å²) in [4.78, 5) is 0. The molecule has 0 N–H and O–H groups in total. The molecule has 2 nitrogen and oxygen atoms in total. The first-order chi connectivity index (χ1) is 7.44. The first-order valence-electron chi connectivity index (χ1n) is 5.59. The van der Waals surface area contributed by atoms with Crippen molar-refractivity contribution in [1.29, 1.82) is 0 Å². The fourth-order valence-corrected chi connectivity index (χ4v) is 1.67. The Bertz CT molecular complexity index is 378. The van der Waals surface area contributed by atoms with Crippen molar-refractivity contribution in [3.63, 3.8) is 0 Å². The normalized spacial score (nSPS) is 16.0. The molecule has 1 aliphatic rings. The van der Waals surface area contributed by atoms with Gasteiger partial charge in [0.25, 0.3) is 0 Å². The van der Waals surface area contributed by atoms with E-state index in [0.717, 1.165) is 16.0 Å². The van der Waals surface area contributed by atoms with Crippen LogP contribution in [0.25, 0.3) is 0 Å². The van der Waals surface area contributed by atoms with Crippen LogP contribution in [-0.2, 0) is 0 Å². The summed E-state index contributed by atoms with van der Waals surface area (Å²) in [5.74, 6) is 1.73. The Morgan fingerprint density at radius 3 is 2.50 bits per heavy atom. The van der Waals surface area contributed by atoms with E-state index in [1.807, 2.05) is 39.0 Å². The van der Waals surface area contributed by atoms with Crippen LogP contribution in [-0.4, -0.2) is 11.7 Å². The van der Waals surface area contributed by atoms with Crippen molar-refractivity contribution in [2.24, 2.45) is 0 Å². The molecule has 3 heteroatoms. The molecule has 1 saturated carbocycles. The molecule has 1 aromatic rings. The van der Waals surface area contributed by atoms with Crippen LogP contribution in [0.2, 0.25) is 0 Å². The Balaban J connectivity index is 2.14. The quantitative estimate of drug-likeness (QED) is 0.830. The maximum absolute atomic E-state index is 5.85. The van der Waals surface area contributed by atoms with Crippen LogP contribution < -0.4 is 9.47 Å². The number of halogens is 1. The number of hydrogen-bond donors (Lipinski definition) is 0. The molecule has 0 heterocycles. The van der Waals surface area contributed by atoms with Gasteiger partial charge in [0, 0.05) is 6.07 Å². The third-order valence-electron chi connectivity index (χ3n) is 2.15. The molecule has 16 heavy (non-hydrogen) atoms. The highest BCUT2D eigenvalue weighted by Crippen LogP contribution is 2.34. The third-order valence-corrected chi connectivity index (χ3v) is 2.80. The Kier molecular flexibility index (Phi) is 3.15. The molecule has 0 bridgehead atoms. The van der Waals surface area contributed by atoms with Gasteiger partial charge in [-0.2, -0.15) is 0 Å². The molecule has 0 atom stereocenters. The molecule has 0 radical (unpaired) electrons. The van der Waals surface area contributed by atoms with Gasteiger partial charge in [0.2, 0.25) is 0 Å². The van der Waals surface area contributed by atoms with E-state index in [9.17, 15) is 0 Å². The topological polar surface area (TPSA) is 18.5 Å². The Morgan fingerprint density at radius 1 is 1.25 bits per heavy atom. The Labute approximate surface area is 105 Å². The lowest BCUT2D eigenvalue weighted by Crippen LogP contribution is -2.23. The first-order valence-corrected chi connectivity index (χ1v) is 6.38. The zero-order valence-electron chi connectivity index (χ0n) is 9.92. The third kappa shape index (κ3) is 3.41. The van der Waals surface area contributed by atoms with E-state index in [1.54, 1.807) is 0 Å². The smallest absolute Gasteiger partial charge is 0.137 e. The summed E-state index contributed by atoms with van der Waals surface area (Å²) in [5.41, 5.74) is -0.194. The first kappa shape index (κ1) is 11.8. The van der Waals surface area contributed by atoms with E-state index < -0.39 is 0 Å². The van der Waals surface area contributed by atoms with Crippen LogP contribution in [0.15, 0.2) is 22.7 Å². The van der Waals surface area contributed by atoms with Crippen LogP contribution in [0.5, 0.6) is 11.5 Å². The van der Waals surface area contributed by atoms with Gasteiger partial charge in [-0.05, 0) is 61.7 Å². The fourth-order valence-electron chi connectivity index (χ4n) is 1.34. The molecule has 0 unspecified atom stereocenters. The van der Waals surface area contributed by atoms with Gasteiger partial charge in [-0.1, -0.05) is 0 Å². The minimum absolute atomic E-state index is 0.194. The van der Waals surface area contributed by atoms with Gasteiger partial charge in [0.1, 0.15) is 17.1 Å². The monoisotopic (exact) mass is 284 g/mol. The summed E-state index contributed by atoms with van der Waals surface area (Å²) in [6.45, 7) is 6.11. The highest BCUT2D eigenvalue weighted by molar-refractivity contribution is 9.10. The van der Waals surface area contributed by atoms with Crippen molar-refractivity contribution in [2.75, 3.05) is 0 Å². The SMILES string of the molecule is CC(C)(C)Oc1cc(OC2CC2)ccc1Br. The Morgan fingerprint density at radius 2 is 1.94 bits per heavy atom.